The molecule has 6 nitrogen and oxygen atoms in total. The first kappa shape index (κ1) is 66.1. The number of ether oxygens (including phenoxy) is 3. The number of hydrogen-bond acceptors (Lipinski definition) is 6. The highest BCUT2D eigenvalue weighted by atomic mass is 16.6. The number of hydrogen-bond donors (Lipinski definition) is 0. The van der Waals surface area contributed by atoms with Gasteiger partial charge in [-0.1, -0.05) is 220 Å². The van der Waals surface area contributed by atoms with Gasteiger partial charge in [0, 0.05) is 19.3 Å². The Kier molecular flexibility index (Phi) is 54.4. The number of rotatable bonds is 51. The molecular formula is C64H106O6. The summed E-state index contributed by atoms with van der Waals surface area (Å²) in [5, 5.41) is 0. The third-order valence-corrected chi connectivity index (χ3v) is 12.0. The van der Waals surface area contributed by atoms with Crippen LogP contribution in [0.15, 0.2) is 109 Å². The zero-order chi connectivity index (χ0) is 50.7. The van der Waals surface area contributed by atoms with Gasteiger partial charge in [0.05, 0.1) is 0 Å². The summed E-state index contributed by atoms with van der Waals surface area (Å²) in [4.78, 5) is 38.2. The van der Waals surface area contributed by atoms with Crippen molar-refractivity contribution in [1.82, 2.24) is 0 Å². The van der Waals surface area contributed by atoms with Crippen LogP contribution in [-0.4, -0.2) is 37.2 Å². The Morgan fingerprint density at radius 1 is 0.300 bits per heavy atom. The van der Waals surface area contributed by atoms with Gasteiger partial charge in [0.25, 0.3) is 0 Å². The maximum Gasteiger partial charge on any atom is 0.306 e. The predicted octanol–water partition coefficient (Wildman–Crippen LogP) is 19.5. The summed E-state index contributed by atoms with van der Waals surface area (Å²) in [6.07, 6.45) is 77.8. The Hall–Kier alpha value is -3.93. The number of allylic oxidation sites excluding steroid dienone is 18. The van der Waals surface area contributed by atoms with Crippen molar-refractivity contribution in [2.75, 3.05) is 13.2 Å². The van der Waals surface area contributed by atoms with Crippen LogP contribution in [-0.2, 0) is 28.6 Å². The Morgan fingerprint density at radius 3 is 0.886 bits per heavy atom. The molecule has 0 saturated heterocycles. The molecule has 0 saturated carbocycles. The summed E-state index contributed by atoms with van der Waals surface area (Å²) in [5.74, 6) is -0.936. The van der Waals surface area contributed by atoms with Gasteiger partial charge in [-0.3, -0.25) is 14.4 Å². The molecule has 6 heteroatoms. The van der Waals surface area contributed by atoms with Crippen molar-refractivity contribution in [2.24, 2.45) is 0 Å². The molecular weight excluding hydrogens is 865 g/mol. The van der Waals surface area contributed by atoms with E-state index in [0.29, 0.717) is 19.3 Å². The van der Waals surface area contributed by atoms with Crippen LogP contribution >= 0.6 is 0 Å². The molecule has 70 heavy (non-hydrogen) atoms. The zero-order valence-electron chi connectivity index (χ0n) is 45.5. The number of carbonyl (C=O) groups is 3. The van der Waals surface area contributed by atoms with Gasteiger partial charge in [0.15, 0.2) is 6.10 Å². The molecule has 0 aliphatic heterocycles. The lowest BCUT2D eigenvalue weighted by molar-refractivity contribution is -0.167. The highest BCUT2D eigenvalue weighted by molar-refractivity contribution is 5.71. The standard InChI is InChI=1S/C64H106O6/c1-4-7-10-13-16-19-22-25-27-29-31-32-34-35-37-39-42-45-48-51-54-57-63(66)69-60-61(59-68-62(65)56-53-50-47-44-41-24-21-18-15-12-9-6-3)70-64(67)58-55-52-49-46-43-40-38-36-33-30-28-26-23-20-17-14-11-8-5-2/h7,10,16-21,25-28,31-33,35-37,61H,4-6,8-9,11-15,22-24,29-30,34,38-60H2,1-3H3/b10-7-,19-16-,20-17-,21-18-,27-25-,28-26-,32-31-,36-33-,37-35-. The summed E-state index contributed by atoms with van der Waals surface area (Å²) in [6, 6.07) is 0. The lowest BCUT2D eigenvalue weighted by Gasteiger charge is -2.18. The first-order valence-corrected chi connectivity index (χ1v) is 28.9. The maximum absolute atomic E-state index is 12.9. The normalized spacial score (nSPS) is 12.9. The molecule has 0 aliphatic carbocycles. The molecule has 0 spiro atoms. The first-order chi connectivity index (χ1) is 34.5. The van der Waals surface area contributed by atoms with Gasteiger partial charge in [-0.25, -0.2) is 0 Å². The van der Waals surface area contributed by atoms with E-state index in [1.54, 1.807) is 0 Å². The fourth-order valence-electron chi connectivity index (χ4n) is 7.65. The maximum atomic E-state index is 12.9. The molecule has 0 aromatic rings. The quantitative estimate of drug-likeness (QED) is 0.0262. The van der Waals surface area contributed by atoms with Crippen molar-refractivity contribution in [3.63, 3.8) is 0 Å². The van der Waals surface area contributed by atoms with E-state index in [1.165, 1.54) is 70.6 Å². The van der Waals surface area contributed by atoms with Crippen LogP contribution in [0, 0.1) is 0 Å². The molecule has 0 aromatic carbocycles. The number of carbonyl (C=O) groups excluding carboxylic acids is 3. The largest absolute Gasteiger partial charge is 0.462 e. The predicted molar refractivity (Wildman–Crippen MR) is 302 cm³/mol. The molecule has 0 heterocycles. The summed E-state index contributed by atoms with van der Waals surface area (Å²) >= 11 is 0. The molecule has 0 N–H and O–H groups in total. The van der Waals surface area contributed by atoms with Crippen LogP contribution in [0.2, 0.25) is 0 Å². The molecule has 0 rings (SSSR count). The van der Waals surface area contributed by atoms with Gasteiger partial charge in [-0.05, 0) is 128 Å². The van der Waals surface area contributed by atoms with E-state index in [0.717, 1.165) is 148 Å². The molecule has 0 aromatic heterocycles. The van der Waals surface area contributed by atoms with Gasteiger partial charge >= 0.3 is 17.9 Å². The third kappa shape index (κ3) is 55.0. The van der Waals surface area contributed by atoms with Crippen LogP contribution < -0.4 is 0 Å². The van der Waals surface area contributed by atoms with E-state index in [9.17, 15) is 14.4 Å². The van der Waals surface area contributed by atoms with Gasteiger partial charge in [0.2, 0.25) is 0 Å². The van der Waals surface area contributed by atoms with E-state index < -0.39 is 6.10 Å². The minimum Gasteiger partial charge on any atom is -0.462 e. The monoisotopic (exact) mass is 971 g/mol. The van der Waals surface area contributed by atoms with E-state index in [-0.39, 0.29) is 31.1 Å². The van der Waals surface area contributed by atoms with E-state index in [2.05, 4.69) is 130 Å². The Morgan fingerprint density at radius 2 is 0.557 bits per heavy atom. The SMILES string of the molecule is CC/C=C\C/C=C\C/C=C\C/C=C\C/C=C\CCCCCCCC(=O)OCC(COC(=O)CCCCCCC/C=C\CCCCC)OC(=O)CCCCCCCC/C=C\C/C=C\C/C=C\CCCCC. The fourth-order valence-corrected chi connectivity index (χ4v) is 7.65. The summed E-state index contributed by atoms with van der Waals surface area (Å²) in [7, 11) is 0. The molecule has 1 unspecified atom stereocenters. The Bertz CT molecular complexity index is 1440. The second-order valence-electron chi connectivity index (χ2n) is 18.8. The molecule has 0 radical (unpaired) electrons. The van der Waals surface area contributed by atoms with E-state index in [1.807, 2.05) is 0 Å². The average Bonchev–Trinajstić information content (AvgIpc) is 3.36. The van der Waals surface area contributed by atoms with Gasteiger partial charge in [-0.2, -0.15) is 0 Å². The van der Waals surface area contributed by atoms with Crippen LogP contribution in [0.5, 0.6) is 0 Å². The van der Waals surface area contributed by atoms with Crippen LogP contribution in [0.25, 0.3) is 0 Å². The highest BCUT2D eigenvalue weighted by Gasteiger charge is 2.19. The zero-order valence-corrected chi connectivity index (χ0v) is 45.5. The average molecular weight is 972 g/mol. The van der Waals surface area contributed by atoms with Crippen molar-refractivity contribution >= 4 is 17.9 Å². The van der Waals surface area contributed by atoms with Gasteiger partial charge < -0.3 is 14.2 Å². The van der Waals surface area contributed by atoms with Crippen LogP contribution in [0.1, 0.15) is 258 Å². The van der Waals surface area contributed by atoms with Gasteiger partial charge in [0.1, 0.15) is 13.2 Å². The lowest BCUT2D eigenvalue weighted by Crippen LogP contribution is -2.30. The molecule has 0 aliphatic rings. The highest BCUT2D eigenvalue weighted by Crippen LogP contribution is 2.14. The van der Waals surface area contributed by atoms with E-state index >= 15 is 0 Å². The van der Waals surface area contributed by atoms with Crippen LogP contribution in [0.4, 0.5) is 0 Å². The van der Waals surface area contributed by atoms with Crippen molar-refractivity contribution in [2.45, 2.75) is 264 Å². The smallest absolute Gasteiger partial charge is 0.306 e. The molecule has 0 amide bonds. The number of unbranched alkanes of at least 4 members (excludes halogenated alkanes) is 22. The minimum atomic E-state index is -0.799. The topological polar surface area (TPSA) is 78.9 Å². The van der Waals surface area contributed by atoms with Crippen molar-refractivity contribution in [3.8, 4) is 0 Å². The lowest BCUT2D eigenvalue weighted by atomic mass is 10.1. The Labute approximate surface area is 431 Å². The molecule has 0 fully saturated rings. The summed E-state index contributed by atoms with van der Waals surface area (Å²) in [6.45, 7) is 6.44. The van der Waals surface area contributed by atoms with Crippen molar-refractivity contribution in [3.05, 3.63) is 109 Å². The first-order valence-electron chi connectivity index (χ1n) is 28.9. The second-order valence-corrected chi connectivity index (χ2v) is 18.8. The van der Waals surface area contributed by atoms with Crippen molar-refractivity contribution < 1.29 is 28.6 Å². The van der Waals surface area contributed by atoms with Crippen LogP contribution in [0.3, 0.4) is 0 Å². The summed E-state index contributed by atoms with van der Waals surface area (Å²) in [5.41, 5.74) is 0. The molecule has 398 valence electrons. The third-order valence-electron chi connectivity index (χ3n) is 12.0. The van der Waals surface area contributed by atoms with Gasteiger partial charge in [-0.15, -0.1) is 0 Å². The minimum absolute atomic E-state index is 0.0956. The van der Waals surface area contributed by atoms with E-state index in [4.69, 9.17) is 14.2 Å². The fraction of sp³-hybridized carbons (Fsp3) is 0.672. The number of esters is 3. The van der Waals surface area contributed by atoms with Crippen molar-refractivity contribution in [1.29, 1.82) is 0 Å². The molecule has 1 atom stereocenters. The molecule has 0 bridgehead atoms. The Balaban J connectivity index is 4.44. The summed E-state index contributed by atoms with van der Waals surface area (Å²) < 4.78 is 16.8. The second kappa shape index (κ2) is 57.6.